The van der Waals surface area contributed by atoms with Gasteiger partial charge < -0.3 is 35.1 Å². The molecule has 0 bridgehead atoms. The third kappa shape index (κ3) is 10.1. The summed E-state index contributed by atoms with van der Waals surface area (Å²) in [6.07, 6.45) is 4.17. The van der Waals surface area contributed by atoms with Crippen molar-refractivity contribution in [2.75, 3.05) is 90.2 Å². The summed E-state index contributed by atoms with van der Waals surface area (Å²) in [6.45, 7) is 6.07. The normalized spacial score (nSPS) is 14.2. The van der Waals surface area contributed by atoms with E-state index in [1.807, 2.05) is 12.1 Å². The minimum Gasteiger partial charge on any atom is -0.469 e. The Kier molecular flexibility index (Phi) is 13.1. The molecule has 226 valence electrons. The first-order chi connectivity index (χ1) is 19.9. The van der Waals surface area contributed by atoms with Gasteiger partial charge in [0.2, 0.25) is 6.41 Å². The predicted octanol–water partition coefficient (Wildman–Crippen LogP) is 2.04. The molecule has 3 rings (SSSR count). The average Bonchev–Trinajstić information content (AvgIpc) is 2.96. The molecule has 1 amide bonds. The van der Waals surface area contributed by atoms with E-state index in [0.717, 1.165) is 64.0 Å². The van der Waals surface area contributed by atoms with E-state index >= 15 is 0 Å². The second-order valence-electron chi connectivity index (χ2n) is 10.4. The van der Waals surface area contributed by atoms with Crippen molar-refractivity contribution in [1.29, 1.82) is 0 Å². The van der Waals surface area contributed by atoms with Crippen molar-refractivity contribution in [3.05, 3.63) is 35.4 Å². The summed E-state index contributed by atoms with van der Waals surface area (Å²) in [6, 6.07) is 8.23. The number of nitrogens with one attached hydrogen (secondary N) is 1. The molecule has 12 nitrogen and oxygen atoms in total. The first-order valence-corrected chi connectivity index (χ1v) is 14.1. The fourth-order valence-corrected chi connectivity index (χ4v) is 5.06. The molecule has 0 radical (unpaired) electrons. The maximum absolute atomic E-state index is 12.1. The van der Waals surface area contributed by atoms with Gasteiger partial charge >= 0.3 is 12.0 Å². The van der Waals surface area contributed by atoms with Gasteiger partial charge in [0, 0.05) is 27.2 Å². The van der Waals surface area contributed by atoms with Crippen LogP contribution in [0.2, 0.25) is 0 Å². The lowest BCUT2D eigenvalue weighted by Gasteiger charge is -2.34. The SMILES string of the molecule is CNc1c(N)nc(OCCOC)nc1N(C=O)CC1CCN(CCCN(C)Cc2cccc(CC(=O)OC)c2)CC1. The van der Waals surface area contributed by atoms with Crippen LogP contribution in [0.3, 0.4) is 0 Å². The lowest BCUT2D eigenvalue weighted by molar-refractivity contribution is -0.139. The Bertz CT molecular complexity index is 1110. The van der Waals surface area contributed by atoms with Crippen molar-refractivity contribution >= 4 is 29.7 Å². The number of hydrogen-bond donors (Lipinski definition) is 2. The molecule has 1 aromatic heterocycles. The van der Waals surface area contributed by atoms with Crippen molar-refractivity contribution in [2.24, 2.45) is 5.92 Å². The van der Waals surface area contributed by atoms with E-state index in [1.165, 1.54) is 12.7 Å². The van der Waals surface area contributed by atoms with E-state index in [2.05, 4.69) is 44.3 Å². The number of benzene rings is 1. The Labute approximate surface area is 243 Å². The van der Waals surface area contributed by atoms with Gasteiger partial charge in [-0.05, 0) is 69.5 Å². The van der Waals surface area contributed by atoms with Crippen LogP contribution in [0.25, 0.3) is 0 Å². The molecular formula is C29H45N7O5. The van der Waals surface area contributed by atoms with Crippen LogP contribution in [0.1, 0.15) is 30.4 Å². The lowest BCUT2D eigenvalue weighted by Crippen LogP contribution is -2.40. The van der Waals surface area contributed by atoms with Gasteiger partial charge in [-0.25, -0.2) is 0 Å². The summed E-state index contributed by atoms with van der Waals surface area (Å²) < 4.78 is 15.3. The van der Waals surface area contributed by atoms with Crippen molar-refractivity contribution in [3.63, 3.8) is 0 Å². The summed E-state index contributed by atoms with van der Waals surface area (Å²) in [7, 11) is 6.85. The van der Waals surface area contributed by atoms with Gasteiger partial charge in [-0.1, -0.05) is 24.3 Å². The molecule has 1 aliphatic rings. The Balaban J connectivity index is 1.44. The molecular weight excluding hydrogens is 526 g/mol. The number of nitrogens with zero attached hydrogens (tertiary/aromatic N) is 5. The molecule has 1 aromatic carbocycles. The van der Waals surface area contributed by atoms with Gasteiger partial charge in [0.05, 0.1) is 20.1 Å². The number of nitrogen functional groups attached to an aromatic ring is 1. The highest BCUT2D eigenvalue weighted by atomic mass is 16.5. The van der Waals surface area contributed by atoms with E-state index in [1.54, 1.807) is 19.1 Å². The van der Waals surface area contributed by atoms with Crippen LogP contribution in [-0.4, -0.2) is 106 Å². The van der Waals surface area contributed by atoms with Crippen molar-refractivity contribution < 1.29 is 23.8 Å². The van der Waals surface area contributed by atoms with E-state index in [9.17, 15) is 9.59 Å². The minimum absolute atomic E-state index is 0.120. The van der Waals surface area contributed by atoms with Gasteiger partial charge in [-0.3, -0.25) is 14.5 Å². The smallest absolute Gasteiger partial charge is 0.320 e. The molecule has 2 heterocycles. The Morgan fingerprint density at radius 3 is 2.63 bits per heavy atom. The number of carbonyl (C=O) groups is 2. The fraction of sp³-hybridized carbons (Fsp3) is 0.586. The molecule has 0 spiro atoms. The van der Waals surface area contributed by atoms with Gasteiger partial charge in [0.1, 0.15) is 12.3 Å². The number of likely N-dealkylation sites (tertiary alicyclic amines) is 1. The molecule has 0 aliphatic carbocycles. The van der Waals surface area contributed by atoms with Crippen LogP contribution in [0.15, 0.2) is 24.3 Å². The number of nitrogens with two attached hydrogens (primary N) is 1. The highest BCUT2D eigenvalue weighted by Crippen LogP contribution is 2.31. The van der Waals surface area contributed by atoms with E-state index < -0.39 is 0 Å². The molecule has 1 aliphatic heterocycles. The topological polar surface area (TPSA) is 135 Å². The fourth-order valence-electron chi connectivity index (χ4n) is 5.06. The third-order valence-electron chi connectivity index (χ3n) is 7.26. The number of ether oxygens (including phenoxy) is 3. The number of methoxy groups -OCH3 is 2. The molecule has 0 unspecified atom stereocenters. The Hall–Kier alpha value is -3.48. The summed E-state index contributed by atoms with van der Waals surface area (Å²) in [5, 5.41) is 3.02. The number of hydrogen-bond acceptors (Lipinski definition) is 11. The van der Waals surface area contributed by atoms with Crippen LogP contribution in [0, 0.1) is 5.92 Å². The first-order valence-electron chi connectivity index (χ1n) is 14.1. The largest absolute Gasteiger partial charge is 0.469 e. The zero-order valence-corrected chi connectivity index (χ0v) is 24.8. The van der Waals surface area contributed by atoms with Crippen LogP contribution in [0.4, 0.5) is 17.3 Å². The molecule has 3 N–H and O–H groups in total. The Morgan fingerprint density at radius 2 is 1.95 bits per heavy atom. The number of esters is 1. The summed E-state index contributed by atoms with van der Waals surface area (Å²) in [4.78, 5) is 38.7. The zero-order chi connectivity index (χ0) is 29.6. The van der Waals surface area contributed by atoms with Gasteiger partial charge in [0.15, 0.2) is 11.6 Å². The average molecular weight is 572 g/mol. The van der Waals surface area contributed by atoms with E-state index in [0.29, 0.717) is 37.0 Å². The monoisotopic (exact) mass is 571 g/mol. The zero-order valence-electron chi connectivity index (χ0n) is 24.8. The number of aromatic nitrogens is 2. The predicted molar refractivity (Wildman–Crippen MR) is 159 cm³/mol. The highest BCUT2D eigenvalue weighted by Gasteiger charge is 2.25. The van der Waals surface area contributed by atoms with E-state index in [4.69, 9.17) is 19.9 Å². The summed E-state index contributed by atoms with van der Waals surface area (Å²) >= 11 is 0. The highest BCUT2D eigenvalue weighted by molar-refractivity contribution is 5.85. The number of rotatable bonds is 17. The van der Waals surface area contributed by atoms with Crippen LogP contribution in [-0.2, 0) is 32.0 Å². The molecule has 12 heteroatoms. The van der Waals surface area contributed by atoms with Gasteiger partial charge in [0.25, 0.3) is 0 Å². The number of piperidine rings is 1. The maximum Gasteiger partial charge on any atom is 0.320 e. The standard InChI is InChI=1S/C29H45N7O5/c1-31-26-27(30)32-29(41-16-15-39-3)33-28(26)36(21-37)20-22-9-13-35(14-10-22)12-6-11-34(2)19-24-8-5-7-23(17-24)18-25(38)40-4/h5,7-8,17,21-22,31H,6,9-16,18-20H2,1-4H3,(H2,30,32,33). The van der Waals surface area contributed by atoms with E-state index in [-0.39, 0.29) is 24.4 Å². The van der Waals surface area contributed by atoms with Crippen molar-refractivity contribution in [2.45, 2.75) is 32.2 Å². The molecule has 0 saturated carbocycles. The Morgan fingerprint density at radius 1 is 1.20 bits per heavy atom. The summed E-state index contributed by atoms with van der Waals surface area (Å²) in [5.74, 6) is 0.779. The molecule has 1 saturated heterocycles. The molecule has 0 atom stereocenters. The quantitative estimate of drug-likeness (QED) is 0.164. The third-order valence-corrected chi connectivity index (χ3v) is 7.26. The number of carbonyl (C=O) groups excluding carboxylic acids is 2. The van der Waals surface area contributed by atoms with Gasteiger partial charge in [-0.2, -0.15) is 9.97 Å². The van der Waals surface area contributed by atoms with Crippen LogP contribution in [0.5, 0.6) is 6.01 Å². The molecule has 41 heavy (non-hydrogen) atoms. The maximum atomic E-state index is 12.1. The second kappa shape index (κ2) is 16.7. The van der Waals surface area contributed by atoms with Crippen molar-refractivity contribution in [1.82, 2.24) is 19.8 Å². The minimum atomic E-state index is -0.225. The van der Waals surface area contributed by atoms with Crippen LogP contribution >= 0.6 is 0 Å². The molecule has 2 aromatic rings. The van der Waals surface area contributed by atoms with Gasteiger partial charge in [-0.15, -0.1) is 0 Å². The van der Waals surface area contributed by atoms with Crippen molar-refractivity contribution in [3.8, 4) is 6.01 Å². The first kappa shape index (κ1) is 32.0. The lowest BCUT2D eigenvalue weighted by atomic mass is 9.96. The number of amides is 1. The van der Waals surface area contributed by atoms with Crippen LogP contribution < -0.4 is 20.7 Å². The molecule has 1 fully saturated rings. The second-order valence-corrected chi connectivity index (χ2v) is 10.4. The summed E-state index contributed by atoms with van der Waals surface area (Å²) in [5.41, 5.74) is 8.80. The number of anilines is 3.